The fourth-order valence-electron chi connectivity index (χ4n) is 3.19. The zero-order chi connectivity index (χ0) is 20.3. The van der Waals surface area contributed by atoms with Gasteiger partial charge in [0.2, 0.25) is 0 Å². The van der Waals surface area contributed by atoms with E-state index in [1.807, 2.05) is 24.3 Å². The maximum Gasteiger partial charge on any atom is 0.338 e. The van der Waals surface area contributed by atoms with Crippen molar-refractivity contribution in [2.45, 2.75) is 56.3 Å². The molecule has 8 heteroatoms. The minimum atomic E-state index is -1.65. The molecule has 3 rings (SSSR count). The summed E-state index contributed by atoms with van der Waals surface area (Å²) in [6, 6.07) is 7.75. The van der Waals surface area contributed by atoms with Crippen molar-refractivity contribution < 1.29 is 24.2 Å². The molecule has 0 saturated carbocycles. The van der Waals surface area contributed by atoms with Crippen LogP contribution in [0.15, 0.2) is 29.2 Å². The molecule has 28 heavy (non-hydrogen) atoms. The number of hydrogen-bond donors (Lipinski definition) is 1. The second-order valence-corrected chi connectivity index (χ2v) is 9.15. The van der Waals surface area contributed by atoms with E-state index in [4.69, 9.17) is 9.47 Å². The first kappa shape index (κ1) is 21.1. The zero-order valence-electron chi connectivity index (χ0n) is 16.6. The van der Waals surface area contributed by atoms with Crippen LogP contribution in [-0.2, 0) is 19.1 Å². The summed E-state index contributed by atoms with van der Waals surface area (Å²) in [5, 5.41) is 10.3. The van der Waals surface area contributed by atoms with Gasteiger partial charge in [-0.3, -0.25) is 4.79 Å². The molecule has 0 aromatic heterocycles. The van der Waals surface area contributed by atoms with Gasteiger partial charge in [-0.2, -0.15) is 0 Å². The van der Waals surface area contributed by atoms with Crippen LogP contribution in [0.5, 0.6) is 0 Å². The van der Waals surface area contributed by atoms with Gasteiger partial charge in [0.25, 0.3) is 5.91 Å². The Labute approximate surface area is 170 Å². The standard InChI is InChI=1S/C20H28N2O5S/c1-20(2,3)27-19(25)16(23)17-18(24)22(12-13-26-17)14-6-8-15(9-7-14)28-21-10-4-5-11-21/h6-9,16-17,23H,4-5,10-13H2,1-3H3. The van der Waals surface area contributed by atoms with Crippen molar-refractivity contribution in [3.05, 3.63) is 24.3 Å². The predicted octanol–water partition coefficient (Wildman–Crippen LogP) is 2.22. The van der Waals surface area contributed by atoms with Crippen molar-refractivity contribution in [1.82, 2.24) is 4.31 Å². The van der Waals surface area contributed by atoms with E-state index in [9.17, 15) is 14.7 Å². The maximum atomic E-state index is 12.8. The monoisotopic (exact) mass is 408 g/mol. The Kier molecular flexibility index (Phi) is 6.65. The number of hydrogen-bond acceptors (Lipinski definition) is 7. The number of aliphatic hydroxyl groups is 1. The van der Waals surface area contributed by atoms with Gasteiger partial charge < -0.3 is 19.5 Å². The summed E-state index contributed by atoms with van der Waals surface area (Å²) >= 11 is 1.73. The van der Waals surface area contributed by atoms with E-state index in [2.05, 4.69) is 4.31 Å². The molecule has 2 aliphatic rings. The van der Waals surface area contributed by atoms with Crippen LogP contribution in [0.25, 0.3) is 0 Å². The van der Waals surface area contributed by atoms with Gasteiger partial charge in [0.1, 0.15) is 5.60 Å². The Morgan fingerprint density at radius 2 is 1.86 bits per heavy atom. The summed E-state index contributed by atoms with van der Waals surface area (Å²) in [5.41, 5.74) is -0.0290. The molecule has 2 fully saturated rings. The van der Waals surface area contributed by atoms with Gasteiger partial charge in [-0.05, 0) is 69.8 Å². The van der Waals surface area contributed by atoms with Crippen LogP contribution in [0.1, 0.15) is 33.6 Å². The highest BCUT2D eigenvalue weighted by molar-refractivity contribution is 7.97. The number of carbonyl (C=O) groups excluding carboxylic acids is 2. The molecule has 1 aromatic carbocycles. The van der Waals surface area contributed by atoms with E-state index in [-0.39, 0.29) is 6.61 Å². The number of carbonyl (C=O) groups is 2. The number of nitrogens with zero attached hydrogens (tertiary/aromatic N) is 2. The topological polar surface area (TPSA) is 79.3 Å². The molecule has 1 amide bonds. The summed E-state index contributed by atoms with van der Waals surface area (Å²) in [4.78, 5) is 27.6. The SMILES string of the molecule is CC(C)(C)OC(=O)C(O)C1OCCN(c2ccc(SN3CCCC3)cc2)C1=O. The Balaban J connectivity index is 1.65. The van der Waals surface area contributed by atoms with Crippen molar-refractivity contribution >= 4 is 29.5 Å². The lowest BCUT2D eigenvalue weighted by Crippen LogP contribution is -2.55. The van der Waals surface area contributed by atoms with Crippen LogP contribution in [0, 0.1) is 0 Å². The summed E-state index contributed by atoms with van der Waals surface area (Å²) < 4.78 is 12.9. The molecule has 0 spiro atoms. The summed E-state index contributed by atoms with van der Waals surface area (Å²) in [5.74, 6) is -1.30. The molecule has 1 aromatic rings. The number of amides is 1. The van der Waals surface area contributed by atoms with Crippen LogP contribution < -0.4 is 4.90 Å². The fourth-order valence-corrected chi connectivity index (χ4v) is 4.19. The predicted molar refractivity (Wildman–Crippen MR) is 107 cm³/mol. The highest BCUT2D eigenvalue weighted by atomic mass is 32.2. The molecule has 0 aliphatic carbocycles. The number of rotatable bonds is 5. The van der Waals surface area contributed by atoms with Crippen molar-refractivity contribution in [1.29, 1.82) is 0 Å². The molecular formula is C20H28N2O5S. The lowest BCUT2D eigenvalue weighted by Gasteiger charge is -2.34. The van der Waals surface area contributed by atoms with Gasteiger partial charge in [-0.15, -0.1) is 0 Å². The molecule has 7 nitrogen and oxygen atoms in total. The minimum absolute atomic E-state index is 0.237. The second-order valence-electron chi connectivity index (χ2n) is 7.98. The third-order valence-electron chi connectivity index (χ3n) is 4.50. The first-order chi connectivity index (χ1) is 13.2. The summed E-state index contributed by atoms with van der Waals surface area (Å²) in [6.45, 7) is 7.91. The quantitative estimate of drug-likeness (QED) is 0.591. The molecule has 2 atom stereocenters. The molecular weight excluding hydrogens is 380 g/mol. The fraction of sp³-hybridized carbons (Fsp3) is 0.600. The number of anilines is 1. The van der Waals surface area contributed by atoms with Crippen LogP contribution >= 0.6 is 11.9 Å². The minimum Gasteiger partial charge on any atom is -0.458 e. The number of aliphatic hydroxyl groups excluding tert-OH is 1. The average molecular weight is 409 g/mol. The van der Waals surface area contributed by atoms with Gasteiger partial charge in [0.05, 0.1) is 6.61 Å². The van der Waals surface area contributed by atoms with E-state index >= 15 is 0 Å². The van der Waals surface area contributed by atoms with Crippen LogP contribution in [0.2, 0.25) is 0 Å². The molecule has 0 bridgehead atoms. The molecule has 0 radical (unpaired) electrons. The number of morpholine rings is 1. The van der Waals surface area contributed by atoms with Crippen LogP contribution in [0.3, 0.4) is 0 Å². The zero-order valence-corrected chi connectivity index (χ0v) is 17.4. The molecule has 1 N–H and O–H groups in total. The van der Waals surface area contributed by atoms with Crippen molar-refractivity contribution in [2.75, 3.05) is 31.1 Å². The normalized spacial score (nSPS) is 22.4. The van der Waals surface area contributed by atoms with Crippen LogP contribution in [0.4, 0.5) is 5.69 Å². The van der Waals surface area contributed by atoms with Crippen LogP contribution in [-0.4, -0.2) is 65.3 Å². The van der Waals surface area contributed by atoms with E-state index in [1.165, 1.54) is 12.8 Å². The highest BCUT2D eigenvalue weighted by Gasteiger charge is 2.41. The smallest absolute Gasteiger partial charge is 0.338 e. The van der Waals surface area contributed by atoms with Gasteiger partial charge in [-0.1, -0.05) is 0 Å². The highest BCUT2D eigenvalue weighted by Crippen LogP contribution is 2.29. The molecule has 2 heterocycles. The van der Waals surface area contributed by atoms with E-state index in [1.54, 1.807) is 37.6 Å². The Hall–Kier alpha value is -1.61. The second kappa shape index (κ2) is 8.82. The van der Waals surface area contributed by atoms with Gasteiger partial charge in [-0.25, -0.2) is 9.10 Å². The Morgan fingerprint density at radius 1 is 1.21 bits per heavy atom. The number of esters is 1. The van der Waals surface area contributed by atoms with Gasteiger partial charge in [0, 0.05) is 30.2 Å². The lowest BCUT2D eigenvalue weighted by atomic mass is 10.1. The van der Waals surface area contributed by atoms with Crippen molar-refractivity contribution in [3.63, 3.8) is 0 Å². The number of benzene rings is 1. The summed E-state index contributed by atoms with van der Waals surface area (Å²) in [7, 11) is 0. The third-order valence-corrected chi connectivity index (χ3v) is 5.61. The first-order valence-corrected chi connectivity index (χ1v) is 10.4. The van der Waals surface area contributed by atoms with Gasteiger partial charge >= 0.3 is 5.97 Å². The first-order valence-electron chi connectivity index (χ1n) is 9.61. The molecule has 2 aliphatic heterocycles. The Morgan fingerprint density at radius 3 is 2.46 bits per heavy atom. The third kappa shape index (κ3) is 5.26. The van der Waals surface area contributed by atoms with E-state index < -0.39 is 29.7 Å². The Bertz CT molecular complexity index is 698. The van der Waals surface area contributed by atoms with Gasteiger partial charge in [0.15, 0.2) is 12.2 Å². The molecule has 2 unspecified atom stereocenters. The largest absolute Gasteiger partial charge is 0.458 e. The summed E-state index contributed by atoms with van der Waals surface area (Å²) in [6.07, 6.45) is -0.453. The van der Waals surface area contributed by atoms with Crippen molar-refractivity contribution in [2.24, 2.45) is 0 Å². The maximum absolute atomic E-state index is 12.8. The number of ether oxygens (including phenoxy) is 2. The molecule has 154 valence electrons. The lowest BCUT2D eigenvalue weighted by molar-refractivity contribution is -0.177. The average Bonchev–Trinajstić information content (AvgIpc) is 3.14. The van der Waals surface area contributed by atoms with Crippen molar-refractivity contribution in [3.8, 4) is 0 Å². The van der Waals surface area contributed by atoms with E-state index in [0.717, 1.165) is 23.7 Å². The van der Waals surface area contributed by atoms with E-state index in [0.29, 0.717) is 6.54 Å². The molecule has 2 saturated heterocycles.